The van der Waals surface area contributed by atoms with E-state index in [2.05, 4.69) is 33.0 Å². The Morgan fingerprint density at radius 1 is 1.25 bits per heavy atom. The van der Waals surface area contributed by atoms with Crippen molar-refractivity contribution in [2.75, 3.05) is 6.54 Å². The normalized spacial score (nSPS) is 33.8. The van der Waals surface area contributed by atoms with E-state index in [1.807, 2.05) is 0 Å². The second-order valence-electron chi connectivity index (χ2n) is 4.74. The van der Waals surface area contributed by atoms with E-state index in [9.17, 15) is 0 Å². The molecule has 0 saturated carbocycles. The van der Waals surface area contributed by atoms with Crippen molar-refractivity contribution in [2.24, 2.45) is 17.8 Å². The van der Waals surface area contributed by atoms with Gasteiger partial charge in [-0.05, 0) is 44.1 Å². The molecular weight excluding hydrogens is 146 g/mol. The van der Waals surface area contributed by atoms with E-state index in [-0.39, 0.29) is 0 Å². The second kappa shape index (κ2) is 4.27. The first-order valence-electron chi connectivity index (χ1n) is 5.34. The largest absolute Gasteiger partial charge is 0.314 e. The van der Waals surface area contributed by atoms with Crippen LogP contribution in [0.1, 0.15) is 40.5 Å². The van der Waals surface area contributed by atoms with Crippen LogP contribution in [-0.2, 0) is 0 Å². The van der Waals surface area contributed by atoms with Crippen molar-refractivity contribution in [1.29, 1.82) is 0 Å². The Bertz CT molecular complexity index is 131. The van der Waals surface area contributed by atoms with Gasteiger partial charge in [-0.25, -0.2) is 0 Å². The third-order valence-electron chi connectivity index (χ3n) is 3.46. The fourth-order valence-electron chi connectivity index (χ4n) is 2.19. The van der Waals surface area contributed by atoms with Gasteiger partial charge in [0.2, 0.25) is 0 Å². The fraction of sp³-hybridized carbons (Fsp3) is 1.00. The van der Waals surface area contributed by atoms with Crippen molar-refractivity contribution < 1.29 is 0 Å². The van der Waals surface area contributed by atoms with Crippen LogP contribution in [0.5, 0.6) is 0 Å². The highest BCUT2D eigenvalue weighted by atomic mass is 14.9. The van der Waals surface area contributed by atoms with Crippen LogP contribution in [0.25, 0.3) is 0 Å². The van der Waals surface area contributed by atoms with E-state index in [0.717, 1.165) is 23.8 Å². The first-order valence-corrected chi connectivity index (χ1v) is 5.34. The third kappa shape index (κ3) is 2.48. The molecule has 1 N–H and O–H groups in total. The van der Waals surface area contributed by atoms with Gasteiger partial charge in [-0.15, -0.1) is 0 Å². The number of nitrogens with one attached hydrogen (secondary N) is 1. The van der Waals surface area contributed by atoms with Gasteiger partial charge in [0.15, 0.2) is 0 Å². The lowest BCUT2D eigenvalue weighted by Gasteiger charge is -2.34. The summed E-state index contributed by atoms with van der Waals surface area (Å²) in [6, 6.07) is 0.741. The molecule has 3 unspecified atom stereocenters. The van der Waals surface area contributed by atoms with Crippen LogP contribution < -0.4 is 5.32 Å². The Labute approximate surface area is 76.9 Å². The zero-order valence-electron chi connectivity index (χ0n) is 8.93. The minimum atomic E-state index is 0.741. The van der Waals surface area contributed by atoms with Gasteiger partial charge in [-0.1, -0.05) is 20.8 Å². The maximum absolute atomic E-state index is 3.51. The number of rotatable bonds is 2. The summed E-state index contributed by atoms with van der Waals surface area (Å²) in [7, 11) is 0. The fourth-order valence-corrected chi connectivity index (χ4v) is 2.19. The smallest absolute Gasteiger partial charge is 0.00414 e. The Kier molecular flexibility index (Phi) is 3.57. The number of hydrogen-bond donors (Lipinski definition) is 1. The second-order valence-corrected chi connectivity index (χ2v) is 4.74. The lowest BCUT2D eigenvalue weighted by Crippen LogP contribution is -2.38. The summed E-state index contributed by atoms with van der Waals surface area (Å²) in [5.74, 6) is 2.70. The van der Waals surface area contributed by atoms with Gasteiger partial charge < -0.3 is 5.32 Å². The van der Waals surface area contributed by atoms with Gasteiger partial charge >= 0.3 is 0 Å². The molecule has 0 amide bonds. The molecule has 1 saturated heterocycles. The summed E-state index contributed by atoms with van der Waals surface area (Å²) in [6.45, 7) is 10.6. The van der Waals surface area contributed by atoms with Crippen molar-refractivity contribution in [1.82, 2.24) is 5.32 Å². The molecule has 0 aromatic heterocycles. The molecule has 1 heterocycles. The van der Waals surface area contributed by atoms with Crippen LogP contribution in [-0.4, -0.2) is 12.6 Å². The van der Waals surface area contributed by atoms with Gasteiger partial charge in [0.1, 0.15) is 0 Å². The van der Waals surface area contributed by atoms with Crippen molar-refractivity contribution in [3.63, 3.8) is 0 Å². The standard InChI is InChI=1S/C11H23N/c1-8(2)10(4)11-5-6-12-9(3)7-11/h8-12H,5-7H2,1-4H3. The monoisotopic (exact) mass is 169 g/mol. The van der Waals surface area contributed by atoms with Crippen molar-refractivity contribution in [3.8, 4) is 0 Å². The van der Waals surface area contributed by atoms with Crippen molar-refractivity contribution in [3.05, 3.63) is 0 Å². The molecule has 0 bridgehead atoms. The molecule has 12 heavy (non-hydrogen) atoms. The highest BCUT2D eigenvalue weighted by Gasteiger charge is 2.24. The average molecular weight is 169 g/mol. The lowest BCUT2D eigenvalue weighted by atomic mass is 9.78. The van der Waals surface area contributed by atoms with Crippen molar-refractivity contribution in [2.45, 2.75) is 46.6 Å². The maximum atomic E-state index is 3.51. The van der Waals surface area contributed by atoms with Crippen LogP contribution >= 0.6 is 0 Å². The SMILES string of the molecule is CC1CC(C(C)C(C)C)CCN1. The molecule has 3 atom stereocenters. The predicted molar refractivity (Wildman–Crippen MR) is 54.2 cm³/mol. The molecule has 1 aliphatic rings. The Balaban J connectivity index is 2.40. The van der Waals surface area contributed by atoms with Crippen molar-refractivity contribution >= 4 is 0 Å². The highest BCUT2D eigenvalue weighted by Crippen LogP contribution is 2.29. The molecule has 1 fully saturated rings. The predicted octanol–water partition coefficient (Wildman–Crippen LogP) is 2.67. The molecule has 1 rings (SSSR count). The summed E-state index contributed by atoms with van der Waals surface area (Å²) in [6.07, 6.45) is 2.75. The first-order chi connectivity index (χ1) is 5.61. The molecule has 0 aromatic rings. The van der Waals surface area contributed by atoms with E-state index in [4.69, 9.17) is 0 Å². The Hall–Kier alpha value is -0.0400. The van der Waals surface area contributed by atoms with E-state index >= 15 is 0 Å². The van der Waals surface area contributed by atoms with E-state index in [0.29, 0.717) is 0 Å². The summed E-state index contributed by atoms with van der Waals surface area (Å²) < 4.78 is 0. The minimum absolute atomic E-state index is 0.741. The van der Waals surface area contributed by atoms with Crippen LogP contribution in [0.2, 0.25) is 0 Å². The van der Waals surface area contributed by atoms with Gasteiger partial charge in [0.05, 0.1) is 0 Å². The molecule has 0 aromatic carbocycles. The summed E-state index contributed by atoms with van der Waals surface area (Å²) in [4.78, 5) is 0. The van der Waals surface area contributed by atoms with Gasteiger partial charge in [0, 0.05) is 6.04 Å². The topological polar surface area (TPSA) is 12.0 Å². The van der Waals surface area contributed by atoms with Crippen LogP contribution in [0.15, 0.2) is 0 Å². The van der Waals surface area contributed by atoms with E-state index in [1.165, 1.54) is 19.4 Å². The molecule has 0 spiro atoms. The average Bonchev–Trinajstić information content (AvgIpc) is 2.03. The van der Waals surface area contributed by atoms with Gasteiger partial charge in [0.25, 0.3) is 0 Å². The van der Waals surface area contributed by atoms with Gasteiger partial charge in [-0.3, -0.25) is 0 Å². The maximum Gasteiger partial charge on any atom is 0.00414 e. The zero-order chi connectivity index (χ0) is 9.14. The number of hydrogen-bond acceptors (Lipinski definition) is 1. The van der Waals surface area contributed by atoms with Crippen LogP contribution in [0.4, 0.5) is 0 Å². The van der Waals surface area contributed by atoms with E-state index in [1.54, 1.807) is 0 Å². The van der Waals surface area contributed by atoms with Crippen LogP contribution in [0, 0.1) is 17.8 Å². The molecule has 1 heteroatoms. The summed E-state index contributed by atoms with van der Waals surface area (Å²) >= 11 is 0. The quantitative estimate of drug-likeness (QED) is 0.670. The zero-order valence-corrected chi connectivity index (χ0v) is 8.93. The molecular formula is C11H23N. The third-order valence-corrected chi connectivity index (χ3v) is 3.46. The molecule has 72 valence electrons. The number of piperidine rings is 1. The molecule has 1 nitrogen and oxygen atoms in total. The molecule has 0 radical (unpaired) electrons. The minimum Gasteiger partial charge on any atom is -0.314 e. The highest BCUT2D eigenvalue weighted by molar-refractivity contribution is 4.79. The molecule has 0 aliphatic carbocycles. The van der Waals surface area contributed by atoms with Crippen LogP contribution in [0.3, 0.4) is 0 Å². The van der Waals surface area contributed by atoms with Gasteiger partial charge in [-0.2, -0.15) is 0 Å². The summed E-state index contributed by atoms with van der Waals surface area (Å²) in [5.41, 5.74) is 0. The Morgan fingerprint density at radius 2 is 1.92 bits per heavy atom. The lowest BCUT2D eigenvalue weighted by molar-refractivity contribution is 0.197. The first kappa shape index (κ1) is 10.0. The van der Waals surface area contributed by atoms with E-state index < -0.39 is 0 Å². The molecule has 1 aliphatic heterocycles. The Morgan fingerprint density at radius 3 is 2.42 bits per heavy atom. The summed E-state index contributed by atoms with van der Waals surface area (Å²) in [5, 5.41) is 3.51.